The predicted molar refractivity (Wildman–Crippen MR) is 69.4 cm³/mol. The fourth-order valence-corrected chi connectivity index (χ4v) is 4.21. The van der Waals surface area contributed by atoms with E-state index in [0.717, 1.165) is 5.92 Å². The zero-order valence-electron chi connectivity index (χ0n) is 11.5. The molecule has 0 radical (unpaired) electrons. The molecule has 0 saturated heterocycles. The molecule has 2 bridgehead atoms. The van der Waals surface area contributed by atoms with E-state index in [9.17, 15) is 4.79 Å². The first-order valence-electron chi connectivity index (χ1n) is 6.80. The summed E-state index contributed by atoms with van der Waals surface area (Å²) in [6.07, 6.45) is 4.03. The van der Waals surface area contributed by atoms with E-state index in [1.807, 2.05) is 6.92 Å². The van der Waals surface area contributed by atoms with Crippen LogP contribution in [0, 0.1) is 22.7 Å². The lowest BCUT2D eigenvalue weighted by Gasteiger charge is -2.43. The number of nitrogens with two attached hydrogens (primary N) is 1. The molecule has 17 heavy (non-hydrogen) atoms. The molecular formula is C14H26N2O. The third kappa shape index (κ3) is 1.99. The molecule has 0 aliphatic heterocycles. The van der Waals surface area contributed by atoms with Gasteiger partial charge in [-0.3, -0.25) is 4.79 Å². The number of hydrogen-bond donors (Lipinski definition) is 2. The van der Waals surface area contributed by atoms with Crippen molar-refractivity contribution in [2.75, 3.05) is 6.54 Å². The molecule has 0 heterocycles. The predicted octanol–water partition coefficient (Wildman–Crippen LogP) is 1.91. The summed E-state index contributed by atoms with van der Waals surface area (Å²) in [6.45, 7) is 9.75. The second-order valence-electron chi connectivity index (χ2n) is 7.06. The van der Waals surface area contributed by atoms with E-state index in [0.29, 0.717) is 23.4 Å². The van der Waals surface area contributed by atoms with Crippen LogP contribution in [0.1, 0.15) is 47.0 Å². The topological polar surface area (TPSA) is 55.1 Å². The van der Waals surface area contributed by atoms with Gasteiger partial charge in [0.15, 0.2) is 0 Å². The molecule has 0 aromatic carbocycles. The van der Waals surface area contributed by atoms with Gasteiger partial charge in [-0.2, -0.15) is 0 Å². The smallest absolute Gasteiger partial charge is 0.221 e. The van der Waals surface area contributed by atoms with Crippen LogP contribution in [0.25, 0.3) is 0 Å². The number of carbonyl (C=O) groups excluding carboxylic acids is 1. The third-order valence-electron chi connectivity index (χ3n) is 5.38. The second-order valence-corrected chi connectivity index (χ2v) is 7.06. The van der Waals surface area contributed by atoms with E-state index < -0.39 is 0 Å². The summed E-state index contributed by atoms with van der Waals surface area (Å²) in [5, 5.41) is 3.62. The highest BCUT2D eigenvalue weighted by molar-refractivity contribution is 5.76. The molecule has 98 valence electrons. The monoisotopic (exact) mass is 238 g/mol. The molecule has 3 heteroatoms. The second kappa shape index (κ2) is 3.98. The minimum absolute atomic E-state index is 0.0754. The average Bonchev–Trinajstić information content (AvgIpc) is 2.68. The maximum Gasteiger partial charge on any atom is 0.221 e. The lowest BCUT2D eigenvalue weighted by Crippen LogP contribution is -2.52. The van der Waals surface area contributed by atoms with Gasteiger partial charge < -0.3 is 11.1 Å². The van der Waals surface area contributed by atoms with Crippen LogP contribution >= 0.6 is 0 Å². The third-order valence-corrected chi connectivity index (χ3v) is 5.38. The first-order chi connectivity index (χ1) is 7.77. The van der Waals surface area contributed by atoms with Gasteiger partial charge in [0, 0.05) is 18.5 Å². The first kappa shape index (κ1) is 12.9. The zero-order valence-corrected chi connectivity index (χ0v) is 11.5. The molecular weight excluding hydrogens is 212 g/mol. The Kier molecular flexibility index (Phi) is 3.01. The maximum absolute atomic E-state index is 11.1. The SMILES string of the molecule is CC(CNC1C2(C)CCC(C2)C1(C)C)C(N)=O. The van der Waals surface area contributed by atoms with E-state index in [4.69, 9.17) is 5.73 Å². The zero-order chi connectivity index (χ0) is 12.8. The van der Waals surface area contributed by atoms with Crippen LogP contribution in [0.4, 0.5) is 0 Å². The Balaban J connectivity index is 2.03. The average molecular weight is 238 g/mol. The lowest BCUT2D eigenvalue weighted by molar-refractivity contribution is -0.121. The number of rotatable bonds is 4. The largest absolute Gasteiger partial charge is 0.369 e. The van der Waals surface area contributed by atoms with E-state index >= 15 is 0 Å². The van der Waals surface area contributed by atoms with Crippen LogP contribution in [0.2, 0.25) is 0 Å². The highest BCUT2D eigenvalue weighted by atomic mass is 16.1. The van der Waals surface area contributed by atoms with E-state index in [-0.39, 0.29) is 11.8 Å². The minimum atomic E-state index is -0.205. The molecule has 2 saturated carbocycles. The molecule has 2 aliphatic rings. The molecule has 4 atom stereocenters. The Labute approximate surface area is 105 Å². The Morgan fingerprint density at radius 2 is 2.12 bits per heavy atom. The number of amides is 1. The number of carbonyl (C=O) groups is 1. The summed E-state index contributed by atoms with van der Waals surface area (Å²) < 4.78 is 0. The molecule has 1 amide bonds. The van der Waals surface area contributed by atoms with Gasteiger partial charge in [-0.15, -0.1) is 0 Å². The fraction of sp³-hybridized carbons (Fsp3) is 0.929. The summed E-state index contributed by atoms with van der Waals surface area (Å²) in [4.78, 5) is 11.1. The highest BCUT2D eigenvalue weighted by Crippen LogP contribution is 2.62. The molecule has 3 nitrogen and oxygen atoms in total. The van der Waals surface area contributed by atoms with Crippen molar-refractivity contribution in [3.05, 3.63) is 0 Å². The van der Waals surface area contributed by atoms with E-state index in [1.165, 1.54) is 19.3 Å². The molecule has 4 unspecified atom stereocenters. The maximum atomic E-state index is 11.1. The Bertz CT molecular complexity index is 321. The highest BCUT2D eigenvalue weighted by Gasteiger charge is 2.58. The van der Waals surface area contributed by atoms with Gasteiger partial charge in [-0.05, 0) is 36.0 Å². The van der Waals surface area contributed by atoms with Crippen LogP contribution in [0.5, 0.6) is 0 Å². The normalized spacial score (nSPS) is 40.5. The van der Waals surface area contributed by atoms with Crippen molar-refractivity contribution in [3.8, 4) is 0 Å². The molecule has 0 aromatic rings. The van der Waals surface area contributed by atoms with Crippen molar-refractivity contribution >= 4 is 5.91 Å². The van der Waals surface area contributed by atoms with E-state index in [2.05, 4.69) is 26.1 Å². The summed E-state index contributed by atoms with van der Waals surface area (Å²) in [6, 6.07) is 0.524. The van der Waals surface area contributed by atoms with Gasteiger partial charge in [0.1, 0.15) is 0 Å². The van der Waals surface area contributed by atoms with Gasteiger partial charge in [0.05, 0.1) is 0 Å². The number of primary amides is 1. The van der Waals surface area contributed by atoms with Crippen molar-refractivity contribution in [2.24, 2.45) is 28.4 Å². The van der Waals surface area contributed by atoms with Crippen LogP contribution in [0.3, 0.4) is 0 Å². The van der Waals surface area contributed by atoms with Crippen molar-refractivity contribution in [3.63, 3.8) is 0 Å². The van der Waals surface area contributed by atoms with Crippen LogP contribution < -0.4 is 11.1 Å². The summed E-state index contributed by atoms with van der Waals surface area (Å²) >= 11 is 0. The van der Waals surface area contributed by atoms with Crippen LogP contribution in [-0.4, -0.2) is 18.5 Å². The number of fused-ring (bicyclic) bond motifs is 2. The van der Waals surface area contributed by atoms with Gasteiger partial charge in [-0.25, -0.2) is 0 Å². The van der Waals surface area contributed by atoms with E-state index in [1.54, 1.807) is 0 Å². The van der Waals surface area contributed by atoms with Crippen LogP contribution in [-0.2, 0) is 4.79 Å². The van der Waals surface area contributed by atoms with Gasteiger partial charge in [-0.1, -0.05) is 27.7 Å². The minimum Gasteiger partial charge on any atom is -0.369 e. The van der Waals surface area contributed by atoms with Crippen molar-refractivity contribution < 1.29 is 4.79 Å². The molecule has 3 N–H and O–H groups in total. The Morgan fingerprint density at radius 3 is 2.59 bits per heavy atom. The first-order valence-corrected chi connectivity index (χ1v) is 6.80. The molecule has 0 aromatic heterocycles. The number of hydrogen-bond acceptors (Lipinski definition) is 2. The van der Waals surface area contributed by atoms with Crippen molar-refractivity contribution in [1.29, 1.82) is 0 Å². The summed E-state index contributed by atoms with van der Waals surface area (Å²) in [5.41, 5.74) is 6.09. The van der Waals surface area contributed by atoms with Gasteiger partial charge >= 0.3 is 0 Å². The lowest BCUT2D eigenvalue weighted by atomic mass is 9.68. The summed E-state index contributed by atoms with van der Waals surface area (Å²) in [5.74, 6) is 0.561. The quantitative estimate of drug-likeness (QED) is 0.786. The van der Waals surface area contributed by atoms with Gasteiger partial charge in [0.2, 0.25) is 5.91 Å². The van der Waals surface area contributed by atoms with Gasteiger partial charge in [0.25, 0.3) is 0 Å². The fourth-order valence-electron chi connectivity index (χ4n) is 4.21. The Morgan fingerprint density at radius 1 is 1.47 bits per heavy atom. The molecule has 2 rings (SSSR count). The summed E-state index contributed by atoms with van der Waals surface area (Å²) in [7, 11) is 0. The standard InChI is InChI=1S/C14H26N2O/c1-9(11(15)17)8-16-12-13(2,3)10-5-6-14(12,4)7-10/h9-10,12,16H,5-8H2,1-4H3,(H2,15,17). The molecule has 2 aliphatic carbocycles. The number of nitrogens with one attached hydrogen (secondary N) is 1. The molecule has 2 fully saturated rings. The van der Waals surface area contributed by atoms with Crippen molar-refractivity contribution in [2.45, 2.75) is 53.0 Å². The molecule has 0 spiro atoms. The van der Waals surface area contributed by atoms with Crippen molar-refractivity contribution in [1.82, 2.24) is 5.32 Å². The Hall–Kier alpha value is -0.570. The van der Waals surface area contributed by atoms with Crippen LogP contribution in [0.15, 0.2) is 0 Å².